The first-order valence-electron chi connectivity index (χ1n) is 9.67. The van der Waals surface area contributed by atoms with Gasteiger partial charge < -0.3 is 19.7 Å². The Balaban J connectivity index is 1.56. The van der Waals surface area contributed by atoms with E-state index in [1.807, 2.05) is 55.4 Å². The lowest BCUT2D eigenvalue weighted by atomic mass is 10.1. The Morgan fingerprint density at radius 3 is 2.61 bits per heavy atom. The Morgan fingerprint density at radius 1 is 1.19 bits per heavy atom. The molecule has 3 rings (SSSR count). The van der Waals surface area contributed by atoms with Crippen molar-refractivity contribution < 1.29 is 14.3 Å². The normalized spacial score (nSPS) is 11.9. The highest BCUT2D eigenvalue weighted by molar-refractivity contribution is 6.32. The maximum atomic E-state index is 12.5. The van der Waals surface area contributed by atoms with Crippen molar-refractivity contribution in [3.63, 3.8) is 0 Å². The second-order valence-electron chi connectivity index (χ2n) is 7.03. The van der Waals surface area contributed by atoms with Crippen LogP contribution >= 0.6 is 11.6 Å². The van der Waals surface area contributed by atoms with Crippen LogP contribution in [0.4, 0.5) is 0 Å². The van der Waals surface area contributed by atoms with E-state index in [-0.39, 0.29) is 25.1 Å². The van der Waals surface area contributed by atoms with Crippen LogP contribution in [0.1, 0.15) is 17.4 Å². The molecule has 3 aromatic rings. The van der Waals surface area contributed by atoms with Crippen LogP contribution in [0.2, 0.25) is 5.02 Å². The number of nitrogens with one attached hydrogen (secondary N) is 1. The molecule has 0 spiro atoms. The smallest absolute Gasteiger partial charge is 0.241 e. The molecule has 164 valence electrons. The molecule has 0 aliphatic rings. The third kappa shape index (κ3) is 6.16. The summed E-state index contributed by atoms with van der Waals surface area (Å²) in [6, 6.07) is 14.9. The number of hydrogen-bond donors (Lipinski definition) is 1. The average molecular weight is 445 g/mol. The maximum absolute atomic E-state index is 12.5. The summed E-state index contributed by atoms with van der Waals surface area (Å²) in [6.07, 6.45) is 0. The lowest BCUT2D eigenvalue weighted by Gasteiger charge is -2.25. The molecule has 0 saturated heterocycles. The summed E-state index contributed by atoms with van der Waals surface area (Å²) in [6.45, 7) is 0.513. The Kier molecular flexibility index (Phi) is 7.80. The van der Waals surface area contributed by atoms with Gasteiger partial charge in [0.05, 0.1) is 18.2 Å². The molecule has 9 nitrogen and oxygen atoms in total. The zero-order chi connectivity index (χ0) is 22.2. The van der Waals surface area contributed by atoms with Crippen molar-refractivity contribution in [1.29, 1.82) is 0 Å². The molecule has 0 aliphatic heterocycles. The van der Waals surface area contributed by atoms with Gasteiger partial charge in [-0.15, -0.1) is 5.10 Å². The number of hydrogen-bond acceptors (Lipinski definition) is 7. The van der Waals surface area contributed by atoms with Gasteiger partial charge in [0.15, 0.2) is 5.82 Å². The fourth-order valence-corrected chi connectivity index (χ4v) is 3.17. The van der Waals surface area contributed by atoms with Crippen molar-refractivity contribution in [1.82, 2.24) is 30.4 Å². The van der Waals surface area contributed by atoms with E-state index in [9.17, 15) is 4.79 Å². The molecule has 1 heterocycles. The molecule has 0 aliphatic carbocycles. The first kappa shape index (κ1) is 22.5. The number of amides is 1. The van der Waals surface area contributed by atoms with Crippen LogP contribution < -0.4 is 14.8 Å². The van der Waals surface area contributed by atoms with Crippen LogP contribution in [0.3, 0.4) is 0 Å². The molecule has 31 heavy (non-hydrogen) atoms. The number of aromatic nitrogens is 4. The Morgan fingerprint density at radius 2 is 1.94 bits per heavy atom. The standard InChI is InChI=1S/C21H25ClN6O3/c1-27(2)18(15-8-10-16(30-3)11-9-15)12-23-21(29)13-28-20(24-25-26-28)14-31-19-7-5-4-6-17(19)22/h4-11,18H,12-14H2,1-3H3,(H,23,29). The number of ether oxygens (including phenoxy) is 2. The van der Waals surface area contributed by atoms with Crippen molar-refractivity contribution in [2.45, 2.75) is 19.2 Å². The third-order valence-electron chi connectivity index (χ3n) is 4.71. The minimum absolute atomic E-state index is 0.00625. The summed E-state index contributed by atoms with van der Waals surface area (Å²) in [7, 11) is 5.56. The number of halogens is 1. The molecule has 1 unspecified atom stereocenters. The number of carbonyl (C=O) groups is 1. The lowest BCUT2D eigenvalue weighted by molar-refractivity contribution is -0.122. The van der Waals surface area contributed by atoms with Gasteiger partial charge in [-0.3, -0.25) is 4.79 Å². The molecule has 1 N–H and O–H groups in total. The average Bonchev–Trinajstić information content (AvgIpc) is 3.20. The highest BCUT2D eigenvalue weighted by Gasteiger charge is 2.17. The molecule has 0 saturated carbocycles. The van der Waals surface area contributed by atoms with E-state index in [0.29, 0.717) is 23.1 Å². The molecule has 2 aromatic carbocycles. The number of benzene rings is 2. The van der Waals surface area contributed by atoms with Crippen LogP contribution in [0.5, 0.6) is 11.5 Å². The molecule has 0 radical (unpaired) electrons. The van der Waals surface area contributed by atoms with E-state index in [4.69, 9.17) is 21.1 Å². The topological polar surface area (TPSA) is 94.4 Å². The van der Waals surface area contributed by atoms with Gasteiger partial charge in [0, 0.05) is 6.54 Å². The Labute approximate surface area is 185 Å². The van der Waals surface area contributed by atoms with Crippen LogP contribution in [0.15, 0.2) is 48.5 Å². The van der Waals surface area contributed by atoms with Gasteiger partial charge >= 0.3 is 0 Å². The molecule has 1 atom stereocenters. The monoisotopic (exact) mass is 444 g/mol. The minimum atomic E-state index is -0.202. The quantitative estimate of drug-likeness (QED) is 0.512. The zero-order valence-electron chi connectivity index (χ0n) is 17.7. The summed E-state index contributed by atoms with van der Waals surface area (Å²) in [5, 5.41) is 14.9. The van der Waals surface area contributed by atoms with Crippen LogP contribution in [0, 0.1) is 0 Å². The van der Waals surface area contributed by atoms with Gasteiger partial charge in [-0.2, -0.15) is 0 Å². The SMILES string of the molecule is COc1ccc(C(CNC(=O)Cn2nnnc2COc2ccccc2Cl)N(C)C)cc1. The molecule has 10 heteroatoms. The summed E-state index contributed by atoms with van der Waals surface area (Å²) in [4.78, 5) is 14.6. The zero-order valence-corrected chi connectivity index (χ0v) is 18.4. The number of likely N-dealkylation sites (N-methyl/N-ethyl adjacent to an activating group) is 1. The Bertz CT molecular complexity index is 993. The predicted molar refractivity (Wildman–Crippen MR) is 116 cm³/mol. The highest BCUT2D eigenvalue weighted by atomic mass is 35.5. The third-order valence-corrected chi connectivity index (χ3v) is 5.02. The van der Waals surface area contributed by atoms with E-state index < -0.39 is 0 Å². The van der Waals surface area contributed by atoms with Gasteiger partial charge in [0.25, 0.3) is 0 Å². The van der Waals surface area contributed by atoms with Crippen LogP contribution in [-0.4, -0.2) is 58.8 Å². The molecule has 1 amide bonds. The van der Waals surface area contributed by atoms with E-state index >= 15 is 0 Å². The van der Waals surface area contributed by atoms with Crippen molar-refractivity contribution in [3.05, 3.63) is 64.9 Å². The maximum Gasteiger partial charge on any atom is 0.241 e. The lowest BCUT2D eigenvalue weighted by Crippen LogP contribution is -2.36. The van der Waals surface area contributed by atoms with Crippen LogP contribution in [0.25, 0.3) is 0 Å². The van der Waals surface area contributed by atoms with Gasteiger partial charge in [0.2, 0.25) is 5.91 Å². The van der Waals surface area contributed by atoms with Crippen molar-refractivity contribution in [2.75, 3.05) is 27.7 Å². The van der Waals surface area contributed by atoms with Crippen molar-refractivity contribution >= 4 is 17.5 Å². The van der Waals surface area contributed by atoms with E-state index in [1.54, 1.807) is 19.2 Å². The molecular weight excluding hydrogens is 420 g/mol. The van der Waals surface area contributed by atoms with E-state index in [2.05, 4.69) is 20.8 Å². The first-order chi connectivity index (χ1) is 15.0. The second-order valence-corrected chi connectivity index (χ2v) is 7.44. The fraction of sp³-hybridized carbons (Fsp3) is 0.333. The number of rotatable bonds is 10. The minimum Gasteiger partial charge on any atom is -0.497 e. The van der Waals surface area contributed by atoms with E-state index in [1.165, 1.54) is 4.68 Å². The number of methoxy groups -OCH3 is 1. The highest BCUT2D eigenvalue weighted by Crippen LogP contribution is 2.24. The van der Waals surface area contributed by atoms with Gasteiger partial charge in [0.1, 0.15) is 24.7 Å². The largest absolute Gasteiger partial charge is 0.497 e. The molecule has 1 aromatic heterocycles. The molecule has 0 fully saturated rings. The predicted octanol–water partition coefficient (Wildman–Crippen LogP) is 2.33. The second kappa shape index (κ2) is 10.7. The van der Waals surface area contributed by atoms with Gasteiger partial charge in [-0.1, -0.05) is 35.9 Å². The van der Waals surface area contributed by atoms with Gasteiger partial charge in [-0.25, -0.2) is 4.68 Å². The number of para-hydroxylation sites is 1. The summed E-state index contributed by atoms with van der Waals surface area (Å²) < 4.78 is 12.3. The Hall–Kier alpha value is -3.17. The summed E-state index contributed by atoms with van der Waals surface area (Å²) in [5.41, 5.74) is 1.07. The molecular formula is C21H25ClN6O3. The number of nitrogens with zero attached hydrogens (tertiary/aromatic N) is 5. The van der Waals surface area contributed by atoms with E-state index in [0.717, 1.165) is 11.3 Å². The summed E-state index contributed by atoms with van der Waals surface area (Å²) in [5.74, 6) is 1.54. The van der Waals surface area contributed by atoms with Gasteiger partial charge in [-0.05, 0) is 54.4 Å². The van der Waals surface area contributed by atoms with Crippen molar-refractivity contribution in [3.8, 4) is 11.5 Å². The first-order valence-corrected chi connectivity index (χ1v) is 10.0. The van der Waals surface area contributed by atoms with Crippen LogP contribution in [-0.2, 0) is 17.9 Å². The molecule has 0 bridgehead atoms. The van der Waals surface area contributed by atoms with Crippen molar-refractivity contribution in [2.24, 2.45) is 0 Å². The number of tetrazole rings is 1. The fourth-order valence-electron chi connectivity index (χ4n) is 2.98. The number of carbonyl (C=O) groups excluding carboxylic acids is 1. The summed E-state index contributed by atoms with van der Waals surface area (Å²) >= 11 is 6.09.